The average Bonchev–Trinajstić information content (AvgIpc) is 3.64. The van der Waals surface area contributed by atoms with Crippen molar-refractivity contribution < 1.29 is 14.6 Å². The Hall–Kier alpha value is -4.11. The molecule has 1 aliphatic rings. The number of hydrogen-bond donors (Lipinski definition) is 2. The van der Waals surface area contributed by atoms with Gasteiger partial charge < -0.3 is 24.8 Å². The van der Waals surface area contributed by atoms with Crippen LogP contribution in [0.4, 0.5) is 11.4 Å². The number of hydrogen-bond acceptors (Lipinski definition) is 8. The van der Waals surface area contributed by atoms with Gasteiger partial charge in [0.2, 0.25) is 0 Å². The largest absolute Gasteiger partial charge is 0.497 e. The molecule has 0 bridgehead atoms. The number of nitrogens with zero attached hydrogens (tertiary/aromatic N) is 5. The van der Waals surface area contributed by atoms with Crippen LogP contribution in [0.15, 0.2) is 67.3 Å². The second kappa shape index (κ2) is 10.9. The third kappa shape index (κ3) is 5.83. The van der Waals surface area contributed by atoms with Gasteiger partial charge in [-0.2, -0.15) is 5.10 Å². The number of rotatable bonds is 12. The highest BCUT2D eigenvalue weighted by atomic mass is 16.5. The number of fused-ring (bicyclic) bond motifs is 1. The molecule has 0 spiro atoms. The third-order valence-corrected chi connectivity index (χ3v) is 6.39. The molecule has 9 heteroatoms. The minimum Gasteiger partial charge on any atom is -0.497 e. The molecule has 0 unspecified atom stereocenters. The van der Waals surface area contributed by atoms with E-state index >= 15 is 0 Å². The molecule has 9 nitrogen and oxygen atoms in total. The van der Waals surface area contributed by atoms with Crippen LogP contribution < -0.4 is 19.7 Å². The lowest BCUT2D eigenvalue weighted by molar-refractivity contribution is 0.296. The molecule has 1 fully saturated rings. The molecule has 1 aliphatic carbocycles. The van der Waals surface area contributed by atoms with Gasteiger partial charge in [-0.05, 0) is 37.0 Å². The van der Waals surface area contributed by atoms with E-state index in [0.717, 1.165) is 57.4 Å². The van der Waals surface area contributed by atoms with Crippen molar-refractivity contribution in [2.45, 2.75) is 19.4 Å². The Bertz CT molecular complexity index is 1380. The van der Waals surface area contributed by atoms with Crippen molar-refractivity contribution in [1.82, 2.24) is 25.1 Å². The average molecular weight is 501 g/mol. The van der Waals surface area contributed by atoms with E-state index in [-0.39, 0.29) is 6.61 Å². The van der Waals surface area contributed by atoms with Gasteiger partial charge in [-0.3, -0.25) is 9.67 Å². The van der Waals surface area contributed by atoms with Crippen LogP contribution in [-0.4, -0.2) is 58.8 Å². The fourth-order valence-corrected chi connectivity index (χ4v) is 4.24. The van der Waals surface area contributed by atoms with Gasteiger partial charge in [0, 0.05) is 60.1 Å². The Balaban J connectivity index is 1.45. The van der Waals surface area contributed by atoms with Crippen molar-refractivity contribution in [3.05, 3.63) is 67.3 Å². The summed E-state index contributed by atoms with van der Waals surface area (Å²) in [5.74, 6) is 2.17. The van der Waals surface area contributed by atoms with Gasteiger partial charge in [0.1, 0.15) is 11.5 Å². The van der Waals surface area contributed by atoms with Crippen LogP contribution in [-0.2, 0) is 6.54 Å². The molecule has 0 saturated heterocycles. The molecule has 192 valence electrons. The number of benzene rings is 2. The molecule has 2 aromatic heterocycles. The smallest absolute Gasteiger partial charge is 0.124 e. The lowest BCUT2D eigenvalue weighted by atomic mass is 10.1. The molecule has 4 aromatic rings. The summed E-state index contributed by atoms with van der Waals surface area (Å²) in [5.41, 5.74) is 6.11. The maximum Gasteiger partial charge on any atom is 0.124 e. The van der Waals surface area contributed by atoms with Gasteiger partial charge in [0.25, 0.3) is 0 Å². The summed E-state index contributed by atoms with van der Waals surface area (Å²) in [6.07, 6.45) is 7.95. The van der Waals surface area contributed by atoms with E-state index in [0.29, 0.717) is 19.0 Å². The topological polar surface area (TPSA) is 97.6 Å². The molecular formula is C28H32N6O3. The van der Waals surface area contributed by atoms with E-state index in [1.807, 2.05) is 30.5 Å². The highest BCUT2D eigenvalue weighted by Gasteiger charge is 2.26. The highest BCUT2D eigenvalue weighted by molar-refractivity contribution is 5.82. The van der Waals surface area contributed by atoms with E-state index in [1.54, 1.807) is 31.3 Å². The zero-order valence-corrected chi connectivity index (χ0v) is 21.2. The zero-order valence-electron chi connectivity index (χ0n) is 21.2. The summed E-state index contributed by atoms with van der Waals surface area (Å²) >= 11 is 0. The number of allylic oxidation sites excluding steroid dienone is 1. The lowest BCUT2D eigenvalue weighted by Crippen LogP contribution is -2.20. The van der Waals surface area contributed by atoms with Crippen LogP contribution in [0.2, 0.25) is 0 Å². The van der Waals surface area contributed by atoms with E-state index < -0.39 is 0 Å². The molecule has 0 radical (unpaired) electrons. The maximum atomic E-state index is 8.98. The minimum atomic E-state index is 0.0570. The maximum absolute atomic E-state index is 8.98. The fraction of sp³-hybridized carbons (Fsp3) is 0.321. The summed E-state index contributed by atoms with van der Waals surface area (Å²) < 4.78 is 12.8. The Labute approximate surface area is 216 Å². The van der Waals surface area contributed by atoms with Crippen LogP contribution in [0.25, 0.3) is 22.3 Å². The molecule has 2 heterocycles. The van der Waals surface area contributed by atoms with E-state index in [4.69, 9.17) is 19.6 Å². The SMILES string of the molecule is C=C(Cn1cc(-c2cnc3ccc(N(CC4CC4)c4cc(OC)cc(OC)c4)cc3n2)cn1)NCCO. The molecule has 0 aliphatic heterocycles. The zero-order chi connectivity index (χ0) is 25.8. The molecule has 5 rings (SSSR count). The first kappa shape index (κ1) is 24.6. The molecular weight excluding hydrogens is 468 g/mol. The van der Waals surface area contributed by atoms with Crippen molar-refractivity contribution in [2.75, 3.05) is 38.8 Å². The molecule has 2 aromatic carbocycles. The number of aliphatic hydroxyl groups excluding tert-OH is 1. The summed E-state index contributed by atoms with van der Waals surface area (Å²) in [4.78, 5) is 11.9. The number of aromatic nitrogens is 4. The van der Waals surface area contributed by atoms with Crippen molar-refractivity contribution in [1.29, 1.82) is 0 Å². The monoisotopic (exact) mass is 500 g/mol. The van der Waals surface area contributed by atoms with Crippen LogP contribution in [0.3, 0.4) is 0 Å². The van der Waals surface area contributed by atoms with Crippen molar-refractivity contribution in [2.24, 2.45) is 5.92 Å². The minimum absolute atomic E-state index is 0.0570. The van der Waals surface area contributed by atoms with Crippen LogP contribution in [0.5, 0.6) is 11.5 Å². The van der Waals surface area contributed by atoms with Crippen LogP contribution in [0, 0.1) is 5.92 Å². The predicted octanol–water partition coefficient (Wildman–Crippen LogP) is 4.15. The summed E-state index contributed by atoms with van der Waals surface area (Å²) in [6, 6.07) is 12.1. The van der Waals surface area contributed by atoms with Gasteiger partial charge in [-0.1, -0.05) is 6.58 Å². The summed E-state index contributed by atoms with van der Waals surface area (Å²) in [5, 5.41) is 16.5. The first-order valence-electron chi connectivity index (χ1n) is 12.4. The van der Waals surface area contributed by atoms with E-state index in [2.05, 4.69) is 39.0 Å². The van der Waals surface area contributed by atoms with Gasteiger partial charge in [-0.15, -0.1) is 0 Å². The number of nitrogens with one attached hydrogen (secondary N) is 1. The summed E-state index contributed by atoms with van der Waals surface area (Å²) in [7, 11) is 3.33. The standard InChI is InChI=1S/C28H32N6O3/c1-19(29-8-9-35)16-33-18-21(14-31-33)28-15-30-26-7-6-22(12-27(26)32-28)34(17-20-4-5-20)23-10-24(36-2)13-25(11-23)37-3/h6-7,10-15,18,20,29,35H,1,4-5,8-9,16-17H2,2-3H3. The van der Waals surface area contributed by atoms with Gasteiger partial charge >= 0.3 is 0 Å². The number of methoxy groups -OCH3 is 2. The number of aliphatic hydroxyl groups is 1. The Morgan fingerprint density at radius 2 is 1.86 bits per heavy atom. The van der Waals surface area contributed by atoms with Gasteiger partial charge in [0.05, 0.1) is 56.5 Å². The molecule has 0 amide bonds. The van der Waals surface area contributed by atoms with Gasteiger partial charge in [-0.25, -0.2) is 4.98 Å². The highest BCUT2D eigenvalue weighted by Crippen LogP contribution is 2.38. The normalized spacial score (nSPS) is 12.9. The first-order chi connectivity index (χ1) is 18.1. The lowest BCUT2D eigenvalue weighted by Gasteiger charge is -2.26. The fourth-order valence-electron chi connectivity index (χ4n) is 4.24. The van der Waals surface area contributed by atoms with E-state index in [1.165, 1.54) is 12.8 Å². The Morgan fingerprint density at radius 3 is 2.57 bits per heavy atom. The number of ether oxygens (including phenoxy) is 2. The molecule has 37 heavy (non-hydrogen) atoms. The Morgan fingerprint density at radius 1 is 1.08 bits per heavy atom. The quantitative estimate of drug-likeness (QED) is 0.299. The molecule has 2 N–H and O–H groups in total. The van der Waals surface area contributed by atoms with Gasteiger partial charge in [0.15, 0.2) is 0 Å². The molecule has 1 saturated carbocycles. The van der Waals surface area contributed by atoms with Crippen LogP contribution in [0.1, 0.15) is 12.8 Å². The second-order valence-corrected chi connectivity index (χ2v) is 9.23. The second-order valence-electron chi connectivity index (χ2n) is 9.23. The van der Waals surface area contributed by atoms with Crippen molar-refractivity contribution in [3.8, 4) is 22.8 Å². The predicted molar refractivity (Wildman–Crippen MR) is 144 cm³/mol. The Kier molecular flexibility index (Phi) is 7.23. The van der Waals surface area contributed by atoms with Crippen LogP contribution >= 0.6 is 0 Å². The number of anilines is 2. The van der Waals surface area contributed by atoms with Crippen molar-refractivity contribution >= 4 is 22.4 Å². The third-order valence-electron chi connectivity index (χ3n) is 6.39. The van der Waals surface area contributed by atoms with Crippen molar-refractivity contribution in [3.63, 3.8) is 0 Å². The van der Waals surface area contributed by atoms with E-state index in [9.17, 15) is 0 Å². The summed E-state index contributed by atoms with van der Waals surface area (Å²) in [6.45, 7) is 5.92. The molecule has 0 atom stereocenters. The first-order valence-corrected chi connectivity index (χ1v) is 12.4.